The predicted molar refractivity (Wildman–Crippen MR) is 92.8 cm³/mol. The van der Waals surface area contributed by atoms with Gasteiger partial charge in [-0.1, -0.05) is 13.8 Å². The van der Waals surface area contributed by atoms with Crippen LogP contribution in [0, 0.1) is 5.92 Å². The fourth-order valence-electron chi connectivity index (χ4n) is 3.26. The first-order chi connectivity index (χ1) is 10.8. The highest BCUT2D eigenvalue weighted by molar-refractivity contribution is 5.94. The molecule has 2 rings (SSSR count). The van der Waals surface area contributed by atoms with Gasteiger partial charge >= 0.3 is 0 Å². The van der Waals surface area contributed by atoms with Gasteiger partial charge in [-0.3, -0.25) is 9.59 Å². The number of carbonyl (C=O) groups excluding carboxylic acids is 1. The average molecular weight is 319 g/mol. The molecule has 1 aliphatic rings. The number of pyridine rings is 1. The van der Waals surface area contributed by atoms with Gasteiger partial charge in [-0.25, -0.2) is 0 Å². The Balaban J connectivity index is 2.16. The summed E-state index contributed by atoms with van der Waals surface area (Å²) in [6, 6.07) is 3.96. The van der Waals surface area contributed by atoms with Crippen LogP contribution in [-0.2, 0) is 6.42 Å². The van der Waals surface area contributed by atoms with Gasteiger partial charge in [0.05, 0.1) is 0 Å². The standard InChI is InChI=1S/C18H29N3O2/c1-12(2)8-15-10-14(11-17(22)19-15)18(23)21(5)16-6-7-20(4)13(3)9-16/h10-13,16H,6-9H2,1-5H3,(H,19,22). The zero-order valence-corrected chi connectivity index (χ0v) is 14.9. The number of H-pyrrole nitrogens is 1. The Morgan fingerprint density at radius 3 is 2.74 bits per heavy atom. The first kappa shape index (κ1) is 17.7. The van der Waals surface area contributed by atoms with Gasteiger partial charge < -0.3 is 14.8 Å². The quantitative estimate of drug-likeness (QED) is 0.925. The second kappa shape index (κ2) is 7.30. The van der Waals surface area contributed by atoms with E-state index in [1.165, 1.54) is 6.07 Å². The minimum atomic E-state index is -0.198. The zero-order valence-electron chi connectivity index (χ0n) is 14.9. The van der Waals surface area contributed by atoms with Gasteiger partial charge in [0, 0.05) is 43.0 Å². The van der Waals surface area contributed by atoms with Gasteiger partial charge in [-0.15, -0.1) is 0 Å². The molecule has 0 aromatic carbocycles. The predicted octanol–water partition coefficient (Wildman–Crippen LogP) is 2.13. The van der Waals surface area contributed by atoms with Crippen molar-refractivity contribution in [1.29, 1.82) is 0 Å². The molecule has 2 atom stereocenters. The molecule has 0 bridgehead atoms. The summed E-state index contributed by atoms with van der Waals surface area (Å²) in [5, 5.41) is 0. The summed E-state index contributed by atoms with van der Waals surface area (Å²) < 4.78 is 0. The van der Waals surface area contributed by atoms with Crippen molar-refractivity contribution in [2.45, 2.75) is 52.1 Å². The molecule has 1 saturated heterocycles. The minimum Gasteiger partial charge on any atom is -0.339 e. The highest BCUT2D eigenvalue weighted by Crippen LogP contribution is 2.21. The van der Waals surface area contributed by atoms with E-state index in [0.29, 0.717) is 17.5 Å². The summed E-state index contributed by atoms with van der Waals surface area (Å²) in [5.74, 6) is 0.381. The van der Waals surface area contributed by atoms with Crippen LogP contribution in [0.15, 0.2) is 16.9 Å². The SMILES string of the molecule is CC(C)Cc1cc(C(=O)N(C)C2CCN(C)C(C)C2)cc(=O)[nH]1. The molecule has 0 aliphatic carbocycles. The van der Waals surface area contributed by atoms with Crippen LogP contribution in [0.1, 0.15) is 49.7 Å². The molecule has 2 heterocycles. The number of aromatic nitrogens is 1. The van der Waals surface area contributed by atoms with Crippen molar-refractivity contribution in [3.63, 3.8) is 0 Å². The van der Waals surface area contributed by atoms with Crippen molar-refractivity contribution in [3.8, 4) is 0 Å². The number of amides is 1. The Kier molecular flexibility index (Phi) is 5.63. The van der Waals surface area contributed by atoms with E-state index in [1.54, 1.807) is 0 Å². The number of rotatable bonds is 4. The first-order valence-corrected chi connectivity index (χ1v) is 8.48. The summed E-state index contributed by atoms with van der Waals surface area (Å²) in [6.45, 7) is 7.38. The molecule has 1 aromatic heterocycles. The molecule has 128 valence electrons. The van der Waals surface area contributed by atoms with Gasteiger partial charge in [0.1, 0.15) is 0 Å². The summed E-state index contributed by atoms with van der Waals surface area (Å²) in [7, 11) is 3.98. The molecule has 23 heavy (non-hydrogen) atoms. The van der Waals surface area contributed by atoms with Crippen LogP contribution < -0.4 is 5.56 Å². The van der Waals surface area contributed by atoms with Crippen LogP contribution in [0.25, 0.3) is 0 Å². The molecule has 1 aromatic rings. The van der Waals surface area contributed by atoms with E-state index in [4.69, 9.17) is 0 Å². The van der Waals surface area contributed by atoms with Crippen molar-refractivity contribution >= 4 is 5.91 Å². The maximum absolute atomic E-state index is 12.8. The minimum absolute atomic E-state index is 0.0529. The molecule has 0 radical (unpaired) electrons. The van der Waals surface area contributed by atoms with Crippen LogP contribution in [0.3, 0.4) is 0 Å². The van der Waals surface area contributed by atoms with Crippen molar-refractivity contribution in [2.24, 2.45) is 5.92 Å². The molecule has 0 spiro atoms. The van der Waals surface area contributed by atoms with E-state index in [9.17, 15) is 9.59 Å². The monoisotopic (exact) mass is 319 g/mol. The highest BCUT2D eigenvalue weighted by atomic mass is 16.2. The van der Waals surface area contributed by atoms with Gasteiger partial charge in [-0.2, -0.15) is 0 Å². The maximum Gasteiger partial charge on any atom is 0.254 e. The van der Waals surface area contributed by atoms with Gasteiger partial charge in [-0.05, 0) is 45.2 Å². The molecule has 1 aliphatic heterocycles. The molecule has 1 fully saturated rings. The van der Waals surface area contributed by atoms with Crippen LogP contribution in [0.2, 0.25) is 0 Å². The third-order valence-electron chi connectivity index (χ3n) is 4.82. The van der Waals surface area contributed by atoms with Gasteiger partial charge in [0.2, 0.25) is 5.56 Å². The molecular formula is C18H29N3O2. The number of nitrogens with one attached hydrogen (secondary N) is 1. The normalized spacial score (nSPS) is 22.3. The van der Waals surface area contributed by atoms with E-state index >= 15 is 0 Å². The van der Waals surface area contributed by atoms with Crippen LogP contribution >= 0.6 is 0 Å². The van der Waals surface area contributed by atoms with Crippen molar-refractivity contribution < 1.29 is 4.79 Å². The number of carbonyl (C=O) groups is 1. The second-order valence-corrected chi connectivity index (χ2v) is 7.28. The summed E-state index contributed by atoms with van der Waals surface area (Å²) >= 11 is 0. The molecule has 5 heteroatoms. The number of likely N-dealkylation sites (tertiary alicyclic amines) is 1. The summed E-state index contributed by atoms with van der Waals surface area (Å²) in [4.78, 5) is 31.6. The number of nitrogens with zero attached hydrogens (tertiary/aromatic N) is 2. The largest absolute Gasteiger partial charge is 0.339 e. The third kappa shape index (κ3) is 4.44. The summed E-state index contributed by atoms with van der Waals surface area (Å²) in [5.41, 5.74) is 1.14. The summed E-state index contributed by atoms with van der Waals surface area (Å²) in [6.07, 6.45) is 2.72. The number of piperidine rings is 1. The second-order valence-electron chi connectivity index (χ2n) is 7.28. The Morgan fingerprint density at radius 1 is 1.43 bits per heavy atom. The maximum atomic E-state index is 12.8. The Labute approximate surface area is 138 Å². The van der Waals surface area contributed by atoms with E-state index in [0.717, 1.165) is 31.5 Å². The molecule has 2 unspecified atom stereocenters. The molecule has 1 N–H and O–H groups in total. The van der Waals surface area contributed by atoms with E-state index in [1.807, 2.05) is 18.0 Å². The third-order valence-corrected chi connectivity index (χ3v) is 4.82. The number of hydrogen-bond donors (Lipinski definition) is 1. The topological polar surface area (TPSA) is 56.4 Å². The fraction of sp³-hybridized carbons (Fsp3) is 0.667. The van der Waals surface area contributed by atoms with Crippen LogP contribution in [0.4, 0.5) is 0 Å². The lowest BCUT2D eigenvalue weighted by Crippen LogP contribution is -2.48. The van der Waals surface area contributed by atoms with E-state index in [2.05, 4.69) is 37.7 Å². The number of aromatic amines is 1. The molecule has 5 nitrogen and oxygen atoms in total. The molecule has 0 saturated carbocycles. The average Bonchev–Trinajstić information content (AvgIpc) is 2.47. The fourth-order valence-corrected chi connectivity index (χ4v) is 3.26. The first-order valence-electron chi connectivity index (χ1n) is 8.48. The lowest BCUT2D eigenvalue weighted by Gasteiger charge is -2.39. The lowest BCUT2D eigenvalue weighted by molar-refractivity contribution is 0.0598. The van der Waals surface area contributed by atoms with Crippen molar-refractivity contribution in [1.82, 2.24) is 14.8 Å². The Morgan fingerprint density at radius 2 is 2.13 bits per heavy atom. The van der Waals surface area contributed by atoms with Crippen molar-refractivity contribution in [3.05, 3.63) is 33.7 Å². The molecule has 1 amide bonds. The van der Waals surface area contributed by atoms with Crippen molar-refractivity contribution in [2.75, 3.05) is 20.6 Å². The van der Waals surface area contributed by atoms with E-state index < -0.39 is 0 Å². The van der Waals surface area contributed by atoms with E-state index in [-0.39, 0.29) is 17.5 Å². The number of hydrogen-bond acceptors (Lipinski definition) is 3. The lowest BCUT2D eigenvalue weighted by atomic mass is 9.97. The highest BCUT2D eigenvalue weighted by Gasteiger charge is 2.28. The van der Waals surface area contributed by atoms with Gasteiger partial charge in [0.25, 0.3) is 5.91 Å². The van der Waals surface area contributed by atoms with Crippen LogP contribution in [0.5, 0.6) is 0 Å². The Bertz CT molecular complexity index is 609. The molecular weight excluding hydrogens is 290 g/mol. The van der Waals surface area contributed by atoms with Gasteiger partial charge in [0.15, 0.2) is 0 Å². The van der Waals surface area contributed by atoms with Crippen LogP contribution in [-0.4, -0.2) is 53.4 Å². The zero-order chi connectivity index (χ0) is 17.1. The smallest absolute Gasteiger partial charge is 0.254 e. The Hall–Kier alpha value is -1.62.